The summed E-state index contributed by atoms with van der Waals surface area (Å²) < 4.78 is 0. The molecule has 4 heteroatoms. The molecular weight excluding hydrogens is 130 g/mol. The van der Waals surface area contributed by atoms with Gasteiger partial charge in [0.05, 0.1) is 12.6 Å². The fraction of sp³-hybridized carbons (Fsp3) is 0.833. The van der Waals surface area contributed by atoms with E-state index in [1.165, 1.54) is 0 Å². The van der Waals surface area contributed by atoms with Crippen LogP contribution in [0.1, 0.15) is 19.3 Å². The zero-order valence-electron chi connectivity index (χ0n) is 6.18. The lowest BCUT2D eigenvalue weighted by Gasteiger charge is -2.04. The average molecular weight is 146 g/mol. The van der Waals surface area contributed by atoms with E-state index in [1.54, 1.807) is 0 Å². The van der Waals surface area contributed by atoms with Crippen LogP contribution < -0.4 is 17.2 Å². The minimum Gasteiger partial charge on any atom is -0.368 e. The molecule has 0 radical (unpaired) electrons. The van der Waals surface area contributed by atoms with Gasteiger partial charge in [0, 0.05) is 0 Å². The van der Waals surface area contributed by atoms with Gasteiger partial charge in [-0.05, 0) is 19.3 Å². The van der Waals surface area contributed by atoms with Crippen LogP contribution in [0, 0.1) is 0 Å². The molecule has 0 aromatic rings. The topological polar surface area (TPSA) is 96.8 Å². The summed E-state index contributed by atoms with van der Waals surface area (Å²) in [5.74, 6) is -0.413. The van der Waals surface area contributed by atoms with E-state index in [2.05, 4.69) is 5.73 Å². The van der Waals surface area contributed by atoms with Gasteiger partial charge in [-0.15, -0.1) is 0 Å². The Balaban J connectivity index is 3.21. The zero-order valence-corrected chi connectivity index (χ0v) is 6.18. The molecular formula is C6H16N3O+. The molecule has 7 N–H and O–H groups in total. The number of hydrogen-bond donors (Lipinski definition) is 3. The van der Waals surface area contributed by atoms with E-state index in [1.807, 2.05) is 0 Å². The van der Waals surface area contributed by atoms with Crippen LogP contribution >= 0.6 is 0 Å². The Kier molecular flexibility index (Phi) is 4.88. The van der Waals surface area contributed by atoms with Crippen LogP contribution in [0.25, 0.3) is 0 Å². The highest BCUT2D eigenvalue weighted by Crippen LogP contribution is 1.95. The quantitative estimate of drug-likeness (QED) is 0.399. The first-order valence-corrected chi connectivity index (χ1v) is 3.52. The number of rotatable bonds is 5. The number of carbonyl (C=O) groups is 1. The number of unbranched alkanes of at least 4 members (excludes halogenated alkanes) is 1. The van der Waals surface area contributed by atoms with Crippen LogP contribution in [-0.4, -0.2) is 18.5 Å². The summed E-state index contributed by atoms with van der Waals surface area (Å²) >= 11 is 0. The second kappa shape index (κ2) is 5.20. The van der Waals surface area contributed by atoms with Crippen LogP contribution in [-0.2, 0) is 4.79 Å². The van der Waals surface area contributed by atoms with Crippen molar-refractivity contribution in [3.05, 3.63) is 0 Å². The number of carbonyl (C=O) groups excluding carboxylic acids is 1. The van der Waals surface area contributed by atoms with Gasteiger partial charge in [-0.25, -0.2) is 0 Å². The predicted octanol–water partition coefficient (Wildman–Crippen LogP) is -1.79. The van der Waals surface area contributed by atoms with Gasteiger partial charge in [-0.3, -0.25) is 4.79 Å². The highest BCUT2D eigenvalue weighted by Gasteiger charge is 2.07. The van der Waals surface area contributed by atoms with Gasteiger partial charge in [0.15, 0.2) is 0 Å². The second-order valence-electron chi connectivity index (χ2n) is 2.36. The maximum atomic E-state index is 10.4. The normalized spacial score (nSPS) is 13.0. The average Bonchev–Trinajstić information content (AvgIpc) is 1.88. The van der Waals surface area contributed by atoms with E-state index in [-0.39, 0.29) is 0 Å². The van der Waals surface area contributed by atoms with Gasteiger partial charge in [-0.2, -0.15) is 0 Å². The van der Waals surface area contributed by atoms with Crippen molar-refractivity contribution in [2.75, 3.05) is 6.54 Å². The SMILES string of the molecule is NC(=O)[C@@H](N)CCCC[NH3+]. The van der Waals surface area contributed by atoms with E-state index in [9.17, 15) is 4.79 Å². The van der Waals surface area contributed by atoms with Gasteiger partial charge >= 0.3 is 0 Å². The van der Waals surface area contributed by atoms with E-state index < -0.39 is 11.9 Å². The Morgan fingerprint density at radius 2 is 2.10 bits per heavy atom. The van der Waals surface area contributed by atoms with Crippen molar-refractivity contribution in [2.24, 2.45) is 11.5 Å². The van der Waals surface area contributed by atoms with Gasteiger partial charge in [0.2, 0.25) is 5.91 Å². The summed E-state index contributed by atoms with van der Waals surface area (Å²) in [6.45, 7) is 0.894. The number of hydrogen-bond acceptors (Lipinski definition) is 2. The molecule has 0 aliphatic carbocycles. The van der Waals surface area contributed by atoms with Crippen LogP contribution in [0.2, 0.25) is 0 Å². The highest BCUT2D eigenvalue weighted by atomic mass is 16.1. The minimum absolute atomic E-state index is 0.413. The Hall–Kier alpha value is -0.610. The van der Waals surface area contributed by atoms with E-state index in [0.29, 0.717) is 6.42 Å². The van der Waals surface area contributed by atoms with Gasteiger partial charge in [0.25, 0.3) is 0 Å². The molecule has 0 aliphatic rings. The predicted molar refractivity (Wildman–Crippen MR) is 38.8 cm³/mol. The monoisotopic (exact) mass is 146 g/mol. The Bertz CT molecular complexity index is 105. The lowest BCUT2D eigenvalue weighted by Crippen LogP contribution is -2.50. The summed E-state index contributed by atoms with van der Waals surface area (Å²) in [4.78, 5) is 10.4. The van der Waals surface area contributed by atoms with E-state index in [0.717, 1.165) is 19.4 Å². The maximum absolute atomic E-state index is 10.4. The molecule has 0 rings (SSSR count). The number of amides is 1. The molecule has 0 unspecified atom stereocenters. The molecule has 0 aromatic heterocycles. The molecule has 0 aromatic carbocycles. The van der Waals surface area contributed by atoms with Crippen molar-refractivity contribution < 1.29 is 10.5 Å². The lowest BCUT2D eigenvalue weighted by molar-refractivity contribution is -0.368. The standard InChI is InChI=1S/C6H15N3O/c7-4-2-1-3-5(8)6(9)10/h5H,1-4,7-8H2,(H2,9,10)/p+1/t5-/m0/s1. The minimum atomic E-state index is -0.466. The largest absolute Gasteiger partial charge is 0.368 e. The van der Waals surface area contributed by atoms with Gasteiger partial charge < -0.3 is 17.2 Å². The van der Waals surface area contributed by atoms with Crippen molar-refractivity contribution in [3.8, 4) is 0 Å². The molecule has 0 saturated carbocycles. The fourth-order valence-electron chi connectivity index (χ4n) is 0.683. The Morgan fingerprint density at radius 1 is 1.50 bits per heavy atom. The van der Waals surface area contributed by atoms with Crippen LogP contribution in [0.4, 0.5) is 0 Å². The van der Waals surface area contributed by atoms with Crippen molar-refractivity contribution in [3.63, 3.8) is 0 Å². The molecule has 0 saturated heterocycles. The third-order valence-electron chi connectivity index (χ3n) is 1.38. The summed E-state index contributed by atoms with van der Waals surface area (Å²) in [6.07, 6.45) is 2.64. The molecule has 1 atom stereocenters. The van der Waals surface area contributed by atoms with Crippen molar-refractivity contribution in [2.45, 2.75) is 25.3 Å². The molecule has 10 heavy (non-hydrogen) atoms. The molecule has 0 bridgehead atoms. The third kappa shape index (κ3) is 4.29. The number of primary amides is 1. The van der Waals surface area contributed by atoms with Crippen LogP contribution in [0.15, 0.2) is 0 Å². The van der Waals surface area contributed by atoms with Crippen molar-refractivity contribution >= 4 is 5.91 Å². The van der Waals surface area contributed by atoms with Crippen LogP contribution in [0.3, 0.4) is 0 Å². The molecule has 0 fully saturated rings. The highest BCUT2D eigenvalue weighted by molar-refractivity contribution is 5.79. The Labute approximate surface area is 60.7 Å². The third-order valence-corrected chi connectivity index (χ3v) is 1.38. The lowest BCUT2D eigenvalue weighted by atomic mass is 10.1. The summed E-state index contributed by atoms with van der Waals surface area (Å²) in [5, 5.41) is 0. The Morgan fingerprint density at radius 3 is 2.50 bits per heavy atom. The summed E-state index contributed by atoms with van der Waals surface area (Å²) in [7, 11) is 0. The zero-order chi connectivity index (χ0) is 7.98. The smallest absolute Gasteiger partial charge is 0.234 e. The first kappa shape index (κ1) is 9.39. The van der Waals surface area contributed by atoms with E-state index >= 15 is 0 Å². The number of quaternary nitrogens is 1. The molecule has 60 valence electrons. The van der Waals surface area contributed by atoms with E-state index in [4.69, 9.17) is 11.5 Å². The second-order valence-corrected chi connectivity index (χ2v) is 2.36. The fourth-order valence-corrected chi connectivity index (χ4v) is 0.683. The molecule has 0 spiro atoms. The maximum Gasteiger partial charge on any atom is 0.234 e. The van der Waals surface area contributed by atoms with Gasteiger partial charge in [0.1, 0.15) is 0 Å². The summed E-state index contributed by atoms with van der Waals surface area (Å²) in [6, 6.07) is -0.466. The van der Waals surface area contributed by atoms with Crippen molar-refractivity contribution in [1.29, 1.82) is 0 Å². The van der Waals surface area contributed by atoms with Crippen LogP contribution in [0.5, 0.6) is 0 Å². The molecule has 4 nitrogen and oxygen atoms in total. The first-order chi connectivity index (χ1) is 4.68. The number of nitrogens with two attached hydrogens (primary N) is 2. The first-order valence-electron chi connectivity index (χ1n) is 3.52. The molecule has 0 heterocycles. The molecule has 1 amide bonds. The summed E-state index contributed by atoms with van der Waals surface area (Å²) in [5.41, 5.74) is 14.0. The van der Waals surface area contributed by atoms with Gasteiger partial charge in [-0.1, -0.05) is 0 Å². The van der Waals surface area contributed by atoms with Crippen molar-refractivity contribution in [1.82, 2.24) is 0 Å². The molecule has 0 aliphatic heterocycles.